The number of amides is 3. The summed E-state index contributed by atoms with van der Waals surface area (Å²) in [6, 6.07) is 6.55. The monoisotopic (exact) mass is 276 g/mol. The number of carbonyl (C=O) groups is 3. The molecule has 104 valence electrons. The Kier molecular flexibility index (Phi) is 2.55. The van der Waals surface area contributed by atoms with Crippen LogP contribution in [-0.2, 0) is 14.4 Å². The third kappa shape index (κ3) is 1.53. The lowest BCUT2D eigenvalue weighted by atomic mass is 9.98. The van der Waals surface area contributed by atoms with Crippen molar-refractivity contribution in [2.24, 2.45) is 0 Å². The number of fused-ring (bicyclic) bond motifs is 1. The molecule has 1 aromatic rings. The number of rotatable bonds is 0. The minimum absolute atomic E-state index is 0.305. The SMILES string of the molecule is CC(=O)N1CC(=O)N[C@]2(Oc3ccccc3[C@@H]2O)C1=O. The molecule has 2 aliphatic rings. The average Bonchev–Trinajstić information content (AvgIpc) is 2.68. The maximum Gasteiger partial charge on any atom is 0.298 e. The fraction of sp³-hybridized carbons (Fsp3) is 0.308. The zero-order chi connectivity index (χ0) is 14.5. The van der Waals surface area contributed by atoms with Gasteiger partial charge in [0.15, 0.2) is 6.10 Å². The molecule has 2 atom stereocenters. The van der Waals surface area contributed by atoms with Crippen molar-refractivity contribution in [3.63, 3.8) is 0 Å². The van der Waals surface area contributed by atoms with Crippen LogP contribution < -0.4 is 10.1 Å². The van der Waals surface area contributed by atoms with Crippen LogP contribution in [0.2, 0.25) is 0 Å². The van der Waals surface area contributed by atoms with Crippen LogP contribution in [0.5, 0.6) is 5.75 Å². The normalized spacial score (nSPS) is 28.1. The van der Waals surface area contributed by atoms with Gasteiger partial charge in [-0.05, 0) is 6.07 Å². The zero-order valence-electron chi connectivity index (χ0n) is 10.6. The number of hydrogen-bond donors (Lipinski definition) is 2. The van der Waals surface area contributed by atoms with Crippen molar-refractivity contribution >= 4 is 17.7 Å². The average molecular weight is 276 g/mol. The first kappa shape index (κ1) is 12.6. The molecule has 0 aliphatic carbocycles. The highest BCUT2D eigenvalue weighted by Crippen LogP contribution is 2.43. The second-order valence-electron chi connectivity index (χ2n) is 4.74. The van der Waals surface area contributed by atoms with Crippen LogP contribution in [0.3, 0.4) is 0 Å². The second kappa shape index (κ2) is 4.04. The van der Waals surface area contributed by atoms with Crippen molar-refractivity contribution in [3.8, 4) is 5.75 Å². The summed E-state index contributed by atoms with van der Waals surface area (Å²) in [5.74, 6) is -1.60. The van der Waals surface area contributed by atoms with Gasteiger partial charge in [-0.1, -0.05) is 18.2 Å². The number of ether oxygens (including phenoxy) is 1. The second-order valence-corrected chi connectivity index (χ2v) is 4.74. The summed E-state index contributed by atoms with van der Waals surface area (Å²) < 4.78 is 5.49. The molecule has 0 unspecified atom stereocenters. The number of carbonyl (C=O) groups excluding carboxylic acids is 3. The highest BCUT2D eigenvalue weighted by molar-refractivity contribution is 6.07. The van der Waals surface area contributed by atoms with E-state index < -0.39 is 29.6 Å². The van der Waals surface area contributed by atoms with Crippen LogP contribution in [0.1, 0.15) is 18.6 Å². The van der Waals surface area contributed by atoms with Crippen molar-refractivity contribution in [1.82, 2.24) is 10.2 Å². The maximum atomic E-state index is 12.4. The molecule has 3 rings (SSSR count). The Balaban J connectivity index is 2.07. The molecule has 0 saturated carbocycles. The summed E-state index contributed by atoms with van der Waals surface area (Å²) in [6.45, 7) is 0.807. The molecule has 2 aliphatic heterocycles. The van der Waals surface area contributed by atoms with Crippen molar-refractivity contribution < 1.29 is 24.2 Å². The number of aliphatic hydroxyl groups excluding tert-OH is 1. The van der Waals surface area contributed by atoms with E-state index in [2.05, 4.69) is 5.32 Å². The smallest absolute Gasteiger partial charge is 0.298 e. The molecule has 1 fully saturated rings. The van der Waals surface area contributed by atoms with Crippen LogP contribution >= 0.6 is 0 Å². The Bertz CT molecular complexity index is 629. The van der Waals surface area contributed by atoms with Crippen molar-refractivity contribution in [2.45, 2.75) is 18.8 Å². The van der Waals surface area contributed by atoms with E-state index in [-0.39, 0.29) is 6.54 Å². The molecular weight excluding hydrogens is 264 g/mol. The number of benzene rings is 1. The van der Waals surface area contributed by atoms with E-state index in [4.69, 9.17) is 4.74 Å². The number of nitrogens with zero attached hydrogens (tertiary/aromatic N) is 1. The largest absolute Gasteiger partial charge is 0.455 e. The quantitative estimate of drug-likeness (QED) is 0.654. The minimum atomic E-state index is -1.95. The summed E-state index contributed by atoms with van der Waals surface area (Å²) >= 11 is 0. The number of para-hydroxylation sites is 1. The van der Waals surface area contributed by atoms with Crippen molar-refractivity contribution in [1.29, 1.82) is 0 Å². The summed E-state index contributed by atoms with van der Waals surface area (Å²) in [4.78, 5) is 36.4. The number of piperazine rings is 1. The first-order chi connectivity index (χ1) is 9.45. The number of imide groups is 1. The zero-order valence-corrected chi connectivity index (χ0v) is 10.6. The Labute approximate surface area is 114 Å². The van der Waals surface area contributed by atoms with Gasteiger partial charge in [0.2, 0.25) is 11.8 Å². The molecule has 20 heavy (non-hydrogen) atoms. The lowest BCUT2D eigenvalue weighted by Gasteiger charge is -2.38. The predicted molar refractivity (Wildman–Crippen MR) is 65.3 cm³/mol. The van der Waals surface area contributed by atoms with E-state index >= 15 is 0 Å². The molecule has 7 heteroatoms. The number of hydrogen-bond acceptors (Lipinski definition) is 5. The standard InChI is InChI=1S/C13H12N2O5/c1-7(16)15-6-10(17)14-13(12(15)19)11(18)8-4-2-3-5-9(8)20-13/h2-5,11,18H,6H2,1H3,(H,14,17)/t11-,13+/m0/s1. The Hall–Kier alpha value is -2.41. The van der Waals surface area contributed by atoms with Gasteiger partial charge in [-0.25, -0.2) is 0 Å². The van der Waals surface area contributed by atoms with Gasteiger partial charge in [0.05, 0.1) is 0 Å². The van der Waals surface area contributed by atoms with Gasteiger partial charge in [0, 0.05) is 12.5 Å². The lowest BCUT2D eigenvalue weighted by Crippen LogP contribution is -2.71. The van der Waals surface area contributed by atoms with Crippen molar-refractivity contribution in [3.05, 3.63) is 29.8 Å². The molecule has 1 aromatic carbocycles. The van der Waals surface area contributed by atoms with Gasteiger partial charge in [-0.3, -0.25) is 19.3 Å². The highest BCUT2D eigenvalue weighted by atomic mass is 16.5. The molecule has 2 N–H and O–H groups in total. The molecule has 0 bridgehead atoms. The summed E-state index contributed by atoms with van der Waals surface area (Å²) in [7, 11) is 0. The Morgan fingerprint density at radius 3 is 2.80 bits per heavy atom. The van der Waals surface area contributed by atoms with Crippen LogP contribution in [0, 0.1) is 0 Å². The molecule has 3 amide bonds. The summed E-state index contributed by atoms with van der Waals surface area (Å²) in [5.41, 5.74) is -1.56. The fourth-order valence-corrected chi connectivity index (χ4v) is 2.47. The first-order valence-corrected chi connectivity index (χ1v) is 6.05. The van der Waals surface area contributed by atoms with Crippen LogP contribution in [0.4, 0.5) is 0 Å². The summed E-state index contributed by atoms with van der Waals surface area (Å²) in [5, 5.41) is 12.7. The Morgan fingerprint density at radius 1 is 1.45 bits per heavy atom. The van der Waals surface area contributed by atoms with Gasteiger partial charge in [-0.15, -0.1) is 0 Å². The molecule has 1 spiro atoms. The first-order valence-electron chi connectivity index (χ1n) is 6.05. The third-order valence-electron chi connectivity index (χ3n) is 3.44. The lowest BCUT2D eigenvalue weighted by molar-refractivity contribution is -0.176. The van der Waals surface area contributed by atoms with Gasteiger partial charge in [-0.2, -0.15) is 0 Å². The summed E-state index contributed by atoms with van der Waals surface area (Å²) in [6.07, 6.45) is -1.36. The van der Waals surface area contributed by atoms with Gasteiger partial charge in [0.25, 0.3) is 11.6 Å². The van der Waals surface area contributed by atoms with Crippen LogP contribution in [-0.4, -0.2) is 40.0 Å². The topological polar surface area (TPSA) is 95.9 Å². The molecule has 2 heterocycles. The van der Waals surface area contributed by atoms with E-state index in [9.17, 15) is 19.5 Å². The van der Waals surface area contributed by atoms with Crippen LogP contribution in [0.25, 0.3) is 0 Å². The maximum absolute atomic E-state index is 12.4. The van der Waals surface area contributed by atoms with E-state index in [1.165, 1.54) is 6.92 Å². The minimum Gasteiger partial charge on any atom is -0.455 e. The van der Waals surface area contributed by atoms with E-state index in [1.54, 1.807) is 24.3 Å². The molecule has 1 saturated heterocycles. The van der Waals surface area contributed by atoms with Crippen LogP contribution in [0.15, 0.2) is 24.3 Å². The Morgan fingerprint density at radius 2 is 2.15 bits per heavy atom. The van der Waals surface area contributed by atoms with Gasteiger partial charge >= 0.3 is 0 Å². The molecule has 7 nitrogen and oxygen atoms in total. The fourth-order valence-electron chi connectivity index (χ4n) is 2.47. The predicted octanol–water partition coefficient (Wildman–Crippen LogP) is -0.686. The van der Waals surface area contributed by atoms with E-state index in [0.717, 1.165) is 4.90 Å². The molecule has 0 aromatic heterocycles. The third-order valence-corrected chi connectivity index (χ3v) is 3.44. The van der Waals surface area contributed by atoms with Crippen molar-refractivity contribution in [2.75, 3.05) is 6.54 Å². The van der Waals surface area contributed by atoms with E-state index in [1.807, 2.05) is 0 Å². The number of aliphatic hydroxyl groups is 1. The molecular formula is C13H12N2O5. The van der Waals surface area contributed by atoms with Gasteiger partial charge in [0.1, 0.15) is 12.3 Å². The highest BCUT2D eigenvalue weighted by Gasteiger charge is 2.59. The molecule has 0 radical (unpaired) electrons. The van der Waals surface area contributed by atoms with Gasteiger partial charge < -0.3 is 15.2 Å². The number of nitrogens with one attached hydrogen (secondary N) is 1. The van der Waals surface area contributed by atoms with E-state index in [0.29, 0.717) is 11.3 Å².